The normalized spacial score (nSPS) is 17.9. The zero-order chi connectivity index (χ0) is 10.4. The second-order valence-electron chi connectivity index (χ2n) is 3.57. The van der Waals surface area contributed by atoms with Crippen LogP contribution in [0.5, 0.6) is 0 Å². The number of nitrogens with one attached hydrogen (secondary N) is 1. The van der Waals surface area contributed by atoms with Crippen molar-refractivity contribution in [3.63, 3.8) is 0 Å². The van der Waals surface area contributed by atoms with Crippen LogP contribution in [0.15, 0.2) is 17.2 Å². The van der Waals surface area contributed by atoms with E-state index in [0.29, 0.717) is 17.8 Å². The summed E-state index contributed by atoms with van der Waals surface area (Å²) in [6.07, 6.45) is 0.690. The summed E-state index contributed by atoms with van der Waals surface area (Å²) < 4.78 is 0. The molecule has 0 aliphatic carbocycles. The first-order valence-corrected chi connectivity index (χ1v) is 4.74. The van der Waals surface area contributed by atoms with Gasteiger partial charge in [-0.15, -0.1) is 0 Å². The van der Waals surface area contributed by atoms with Gasteiger partial charge in [-0.2, -0.15) is 4.94 Å². The van der Waals surface area contributed by atoms with Gasteiger partial charge in [-0.1, -0.05) is 4.86 Å². The predicted molar refractivity (Wildman–Crippen MR) is 53.8 cm³/mol. The lowest BCUT2D eigenvalue weighted by molar-refractivity contribution is -0.526. The highest BCUT2D eigenvalue weighted by atomic mass is 16.8. The molecule has 1 aromatic carbocycles. The second kappa shape index (κ2) is 2.83. The lowest BCUT2D eigenvalue weighted by atomic mass is 10.1. The number of nitrogens with zero attached hydrogens (tertiary/aromatic N) is 3. The van der Waals surface area contributed by atoms with Crippen LogP contribution in [-0.4, -0.2) is 18.5 Å². The van der Waals surface area contributed by atoms with Crippen molar-refractivity contribution >= 4 is 17.1 Å². The van der Waals surface area contributed by atoms with E-state index in [2.05, 4.69) is 10.6 Å². The molecule has 2 aliphatic heterocycles. The highest BCUT2D eigenvalue weighted by Crippen LogP contribution is 2.40. The van der Waals surface area contributed by atoms with E-state index >= 15 is 0 Å². The molecule has 0 amide bonds. The molecular formula is C9H10N4O2. The van der Waals surface area contributed by atoms with Crippen molar-refractivity contribution < 1.29 is 9.80 Å². The molecule has 0 saturated heterocycles. The Morgan fingerprint density at radius 3 is 3.33 bits per heavy atom. The summed E-state index contributed by atoms with van der Waals surface area (Å²) in [4.78, 5) is 5.88. The molecule has 6 nitrogen and oxygen atoms in total. The lowest BCUT2D eigenvalue weighted by Crippen LogP contribution is -2.12. The third-order valence-corrected chi connectivity index (χ3v) is 2.66. The molecule has 0 saturated carbocycles. The Labute approximate surface area is 86.3 Å². The Bertz CT molecular complexity index is 458. The number of rotatable bonds is 0. The monoisotopic (exact) mass is 206 g/mol. The summed E-state index contributed by atoms with van der Waals surface area (Å²) in [5.41, 5.74) is 6.51. The van der Waals surface area contributed by atoms with Crippen LogP contribution >= 0.6 is 0 Å². The van der Waals surface area contributed by atoms with E-state index in [1.54, 1.807) is 5.06 Å². The maximum atomic E-state index is 11.1. The van der Waals surface area contributed by atoms with Gasteiger partial charge in [-0.05, 0) is 12.1 Å². The SMILES string of the molecule is CN1ONc2c1ccc1c2CC[N+]([O-])=N1. The Balaban J connectivity index is 2.18. The molecule has 2 heterocycles. The quantitative estimate of drug-likeness (QED) is 0.516. The van der Waals surface area contributed by atoms with Gasteiger partial charge in [0.25, 0.3) is 0 Å². The van der Waals surface area contributed by atoms with E-state index in [9.17, 15) is 5.21 Å². The van der Waals surface area contributed by atoms with E-state index in [1.807, 2.05) is 19.2 Å². The van der Waals surface area contributed by atoms with Crippen LogP contribution in [0.25, 0.3) is 0 Å². The molecule has 1 N–H and O–H groups in total. The van der Waals surface area contributed by atoms with Gasteiger partial charge in [0, 0.05) is 24.1 Å². The topological polar surface area (TPSA) is 62.9 Å². The fourth-order valence-electron chi connectivity index (χ4n) is 1.89. The maximum absolute atomic E-state index is 11.1. The van der Waals surface area contributed by atoms with Crippen LogP contribution in [0.1, 0.15) is 5.56 Å². The summed E-state index contributed by atoms with van der Waals surface area (Å²) in [7, 11) is 1.82. The molecule has 0 fully saturated rings. The van der Waals surface area contributed by atoms with E-state index in [-0.39, 0.29) is 0 Å². The van der Waals surface area contributed by atoms with Crippen molar-refractivity contribution in [2.24, 2.45) is 5.11 Å². The first kappa shape index (κ1) is 8.49. The molecular weight excluding hydrogens is 196 g/mol. The Morgan fingerprint density at radius 1 is 1.60 bits per heavy atom. The van der Waals surface area contributed by atoms with Crippen molar-refractivity contribution in [1.82, 2.24) is 0 Å². The molecule has 0 bridgehead atoms. The second-order valence-corrected chi connectivity index (χ2v) is 3.57. The maximum Gasteiger partial charge on any atom is 0.185 e. The van der Waals surface area contributed by atoms with E-state index in [4.69, 9.17) is 4.94 Å². The molecule has 78 valence electrons. The molecule has 2 aliphatic rings. The van der Waals surface area contributed by atoms with Crippen molar-refractivity contribution in [2.75, 3.05) is 24.1 Å². The lowest BCUT2D eigenvalue weighted by Gasteiger charge is -2.13. The summed E-state index contributed by atoms with van der Waals surface area (Å²) in [5.74, 6) is 0. The molecule has 0 spiro atoms. The number of anilines is 2. The Kier molecular flexibility index (Phi) is 1.60. The number of benzene rings is 1. The van der Waals surface area contributed by atoms with Crippen LogP contribution in [-0.2, 0) is 11.4 Å². The van der Waals surface area contributed by atoms with Crippen molar-refractivity contribution in [3.8, 4) is 0 Å². The fraction of sp³-hybridized carbons (Fsp3) is 0.333. The molecule has 6 heteroatoms. The van der Waals surface area contributed by atoms with Crippen molar-refractivity contribution in [1.29, 1.82) is 0 Å². The van der Waals surface area contributed by atoms with Crippen LogP contribution < -0.4 is 10.5 Å². The number of hydroxylamine groups is 2. The molecule has 0 unspecified atom stereocenters. The molecule has 0 atom stereocenters. The zero-order valence-corrected chi connectivity index (χ0v) is 8.23. The summed E-state index contributed by atoms with van der Waals surface area (Å²) in [6, 6.07) is 3.72. The molecule has 0 aromatic heterocycles. The average Bonchev–Trinajstić information content (AvgIpc) is 2.60. The number of hydrogen-bond acceptors (Lipinski definition) is 5. The minimum atomic E-state index is 0.398. The summed E-state index contributed by atoms with van der Waals surface area (Å²) in [6.45, 7) is 0.398. The van der Waals surface area contributed by atoms with Crippen LogP contribution in [0, 0.1) is 5.21 Å². The minimum Gasteiger partial charge on any atom is -0.600 e. The van der Waals surface area contributed by atoms with Gasteiger partial charge >= 0.3 is 0 Å². The third kappa shape index (κ3) is 1.15. The standard InChI is InChI=1S/C9H10N4O2/c1-12-8-3-2-7-6(9(8)11-15-12)4-5-13(14)10-7/h2-3,11H,4-5H2,1H3. The number of fused-ring (bicyclic) bond motifs is 3. The van der Waals surface area contributed by atoms with Gasteiger partial charge in [-0.3, -0.25) is 0 Å². The summed E-state index contributed by atoms with van der Waals surface area (Å²) >= 11 is 0. The van der Waals surface area contributed by atoms with Gasteiger partial charge in [0.1, 0.15) is 5.69 Å². The molecule has 15 heavy (non-hydrogen) atoms. The van der Waals surface area contributed by atoms with Crippen LogP contribution in [0.2, 0.25) is 0 Å². The highest BCUT2D eigenvalue weighted by molar-refractivity contribution is 5.79. The van der Waals surface area contributed by atoms with Gasteiger partial charge in [-0.25, -0.2) is 10.5 Å². The van der Waals surface area contributed by atoms with E-state index in [1.165, 1.54) is 0 Å². The first-order chi connectivity index (χ1) is 7.25. The van der Waals surface area contributed by atoms with E-state index in [0.717, 1.165) is 22.6 Å². The number of hydrogen-bond donors (Lipinski definition) is 1. The Hall–Kier alpha value is -1.82. The van der Waals surface area contributed by atoms with Crippen LogP contribution in [0.3, 0.4) is 0 Å². The van der Waals surface area contributed by atoms with Gasteiger partial charge < -0.3 is 5.21 Å². The average molecular weight is 206 g/mol. The summed E-state index contributed by atoms with van der Waals surface area (Å²) in [5, 5.41) is 16.6. The molecule has 0 radical (unpaired) electrons. The largest absolute Gasteiger partial charge is 0.600 e. The van der Waals surface area contributed by atoms with Crippen LogP contribution in [0.4, 0.5) is 17.1 Å². The molecule has 1 aromatic rings. The smallest absolute Gasteiger partial charge is 0.185 e. The van der Waals surface area contributed by atoms with Gasteiger partial charge in [0.15, 0.2) is 6.54 Å². The zero-order valence-electron chi connectivity index (χ0n) is 8.23. The predicted octanol–water partition coefficient (Wildman–Crippen LogP) is 1.54. The van der Waals surface area contributed by atoms with Crippen molar-refractivity contribution in [2.45, 2.75) is 6.42 Å². The minimum absolute atomic E-state index is 0.398. The number of azo groups is 1. The highest BCUT2D eigenvalue weighted by Gasteiger charge is 2.25. The first-order valence-electron chi connectivity index (χ1n) is 4.74. The Morgan fingerprint density at radius 2 is 2.47 bits per heavy atom. The van der Waals surface area contributed by atoms with Gasteiger partial charge in [0.2, 0.25) is 0 Å². The van der Waals surface area contributed by atoms with E-state index < -0.39 is 0 Å². The molecule has 3 rings (SSSR count). The van der Waals surface area contributed by atoms with Gasteiger partial charge in [0.05, 0.1) is 11.4 Å². The fourth-order valence-corrected chi connectivity index (χ4v) is 1.89. The third-order valence-electron chi connectivity index (χ3n) is 2.66. The van der Waals surface area contributed by atoms with Crippen molar-refractivity contribution in [3.05, 3.63) is 22.9 Å².